The Morgan fingerprint density at radius 1 is 1.10 bits per heavy atom. The highest BCUT2D eigenvalue weighted by molar-refractivity contribution is 14.1. The highest BCUT2D eigenvalue weighted by Gasteiger charge is 2.14. The van der Waals surface area contributed by atoms with E-state index in [0.29, 0.717) is 5.02 Å². The van der Waals surface area contributed by atoms with E-state index in [4.69, 9.17) is 11.6 Å². The molecule has 1 unspecified atom stereocenters. The normalized spacial score (nSPS) is 12.6. The number of aromatic nitrogens is 1. The standard InChI is InChI=1S/C16H11ClINO/c17-12-4-5-14(18)13(9-12)16(20)11-3-6-15-10(8-11)2-1-7-19-15/h1-9,16,20H. The number of aliphatic hydroxyl groups excluding tert-OH is 1. The van der Waals surface area contributed by atoms with Gasteiger partial charge in [0.2, 0.25) is 0 Å². The summed E-state index contributed by atoms with van der Waals surface area (Å²) < 4.78 is 0.991. The molecule has 2 aromatic carbocycles. The van der Waals surface area contributed by atoms with E-state index in [9.17, 15) is 5.11 Å². The molecule has 0 radical (unpaired) electrons. The summed E-state index contributed by atoms with van der Waals surface area (Å²) in [6, 6.07) is 15.2. The quantitative estimate of drug-likeness (QED) is 0.645. The number of hydrogen-bond acceptors (Lipinski definition) is 2. The van der Waals surface area contributed by atoms with Crippen molar-refractivity contribution >= 4 is 45.1 Å². The highest BCUT2D eigenvalue weighted by atomic mass is 127. The second kappa shape index (κ2) is 5.68. The van der Waals surface area contributed by atoms with E-state index in [1.165, 1.54) is 0 Å². The van der Waals surface area contributed by atoms with Gasteiger partial charge in [0.1, 0.15) is 6.10 Å². The van der Waals surface area contributed by atoms with Gasteiger partial charge in [-0.1, -0.05) is 23.7 Å². The van der Waals surface area contributed by atoms with Crippen LogP contribution in [0.15, 0.2) is 54.7 Å². The molecule has 0 bridgehead atoms. The first-order chi connectivity index (χ1) is 9.65. The Morgan fingerprint density at radius 3 is 2.80 bits per heavy atom. The molecule has 0 spiro atoms. The topological polar surface area (TPSA) is 33.1 Å². The second-order valence-electron chi connectivity index (χ2n) is 4.52. The van der Waals surface area contributed by atoms with Gasteiger partial charge < -0.3 is 5.11 Å². The number of rotatable bonds is 2. The molecule has 0 aliphatic rings. The number of hydrogen-bond donors (Lipinski definition) is 1. The van der Waals surface area contributed by atoms with E-state index in [-0.39, 0.29) is 0 Å². The van der Waals surface area contributed by atoms with Gasteiger partial charge in [-0.3, -0.25) is 4.98 Å². The molecule has 0 saturated heterocycles. The maximum atomic E-state index is 10.6. The van der Waals surface area contributed by atoms with Gasteiger partial charge in [-0.25, -0.2) is 0 Å². The van der Waals surface area contributed by atoms with Gasteiger partial charge in [-0.2, -0.15) is 0 Å². The molecule has 1 heterocycles. The van der Waals surface area contributed by atoms with Crippen LogP contribution in [0.3, 0.4) is 0 Å². The smallest absolute Gasteiger partial charge is 0.105 e. The van der Waals surface area contributed by atoms with Crippen molar-refractivity contribution in [3.05, 3.63) is 74.4 Å². The molecule has 1 atom stereocenters. The van der Waals surface area contributed by atoms with E-state index < -0.39 is 6.10 Å². The van der Waals surface area contributed by atoms with Crippen LogP contribution in [0.25, 0.3) is 10.9 Å². The Kier molecular flexibility index (Phi) is 3.92. The van der Waals surface area contributed by atoms with Gasteiger partial charge in [-0.05, 0) is 70.1 Å². The molecule has 0 fully saturated rings. The van der Waals surface area contributed by atoms with Crippen LogP contribution in [0.1, 0.15) is 17.2 Å². The summed E-state index contributed by atoms with van der Waals surface area (Å²) in [5, 5.41) is 12.2. The molecule has 1 aromatic heterocycles. The third-order valence-electron chi connectivity index (χ3n) is 3.20. The third kappa shape index (κ3) is 2.66. The lowest BCUT2D eigenvalue weighted by Crippen LogP contribution is -2.02. The van der Waals surface area contributed by atoms with Crippen LogP contribution in [0.5, 0.6) is 0 Å². The summed E-state index contributed by atoms with van der Waals surface area (Å²) in [5.74, 6) is 0. The fourth-order valence-corrected chi connectivity index (χ4v) is 2.98. The lowest BCUT2D eigenvalue weighted by Gasteiger charge is -2.14. The molecule has 3 aromatic rings. The van der Waals surface area contributed by atoms with Gasteiger partial charge >= 0.3 is 0 Å². The number of nitrogens with zero attached hydrogens (tertiary/aromatic N) is 1. The van der Waals surface area contributed by atoms with E-state index >= 15 is 0 Å². The van der Waals surface area contributed by atoms with Crippen LogP contribution in [0, 0.1) is 3.57 Å². The zero-order valence-electron chi connectivity index (χ0n) is 10.4. The number of pyridine rings is 1. The molecular weight excluding hydrogens is 385 g/mol. The van der Waals surface area contributed by atoms with E-state index in [2.05, 4.69) is 27.6 Å². The van der Waals surface area contributed by atoms with Crippen molar-refractivity contribution in [3.63, 3.8) is 0 Å². The molecule has 1 N–H and O–H groups in total. The van der Waals surface area contributed by atoms with Crippen LogP contribution in [0.4, 0.5) is 0 Å². The largest absolute Gasteiger partial charge is 0.384 e. The zero-order chi connectivity index (χ0) is 14.1. The Labute approximate surface area is 135 Å². The summed E-state index contributed by atoms with van der Waals surface area (Å²) in [6.07, 6.45) is 1.07. The fourth-order valence-electron chi connectivity index (χ4n) is 2.17. The van der Waals surface area contributed by atoms with Crippen LogP contribution >= 0.6 is 34.2 Å². The molecule has 0 amide bonds. The van der Waals surface area contributed by atoms with Gasteiger partial charge in [0.05, 0.1) is 5.52 Å². The van der Waals surface area contributed by atoms with Crippen molar-refractivity contribution in [2.45, 2.75) is 6.10 Å². The minimum atomic E-state index is -0.690. The predicted octanol–water partition coefficient (Wildman–Crippen LogP) is 4.57. The number of aliphatic hydroxyl groups is 1. The maximum absolute atomic E-state index is 10.6. The van der Waals surface area contributed by atoms with Gasteiger partial charge in [0.15, 0.2) is 0 Å². The van der Waals surface area contributed by atoms with Gasteiger partial charge in [0.25, 0.3) is 0 Å². The van der Waals surface area contributed by atoms with Crippen LogP contribution in [-0.4, -0.2) is 10.1 Å². The molecular formula is C16H11ClINO. The van der Waals surface area contributed by atoms with Crippen LogP contribution < -0.4 is 0 Å². The Bertz CT molecular complexity index is 775. The molecule has 2 nitrogen and oxygen atoms in total. The first kappa shape index (κ1) is 13.8. The van der Waals surface area contributed by atoms with Gasteiger partial charge in [-0.15, -0.1) is 0 Å². The molecule has 20 heavy (non-hydrogen) atoms. The zero-order valence-corrected chi connectivity index (χ0v) is 13.3. The van der Waals surface area contributed by atoms with Crippen molar-refractivity contribution in [2.24, 2.45) is 0 Å². The van der Waals surface area contributed by atoms with Crippen molar-refractivity contribution in [3.8, 4) is 0 Å². The highest BCUT2D eigenvalue weighted by Crippen LogP contribution is 2.29. The van der Waals surface area contributed by atoms with Crippen LogP contribution in [-0.2, 0) is 0 Å². The molecule has 3 rings (SSSR count). The SMILES string of the molecule is OC(c1ccc2ncccc2c1)c1cc(Cl)ccc1I. The minimum Gasteiger partial charge on any atom is -0.384 e. The van der Waals surface area contributed by atoms with Crippen molar-refractivity contribution in [1.29, 1.82) is 0 Å². The number of benzene rings is 2. The lowest BCUT2D eigenvalue weighted by atomic mass is 10.00. The van der Waals surface area contributed by atoms with Crippen molar-refractivity contribution in [1.82, 2.24) is 4.98 Å². The monoisotopic (exact) mass is 395 g/mol. The summed E-state index contributed by atoms with van der Waals surface area (Å²) in [6.45, 7) is 0. The average Bonchev–Trinajstić information content (AvgIpc) is 2.48. The number of fused-ring (bicyclic) bond motifs is 1. The predicted molar refractivity (Wildman–Crippen MR) is 90.0 cm³/mol. The fraction of sp³-hybridized carbons (Fsp3) is 0.0625. The Morgan fingerprint density at radius 2 is 1.95 bits per heavy atom. The van der Waals surface area contributed by atoms with Gasteiger partial charge in [0, 0.05) is 20.2 Å². The molecule has 0 saturated carbocycles. The van der Waals surface area contributed by atoms with E-state index in [1.54, 1.807) is 12.3 Å². The summed E-state index contributed by atoms with van der Waals surface area (Å²) in [4.78, 5) is 4.28. The summed E-state index contributed by atoms with van der Waals surface area (Å²) in [7, 11) is 0. The first-order valence-electron chi connectivity index (χ1n) is 6.13. The molecule has 4 heteroatoms. The Hall–Kier alpha value is -1.17. The van der Waals surface area contributed by atoms with E-state index in [0.717, 1.165) is 25.6 Å². The van der Waals surface area contributed by atoms with E-state index in [1.807, 2.05) is 42.5 Å². The Balaban J connectivity index is 2.07. The van der Waals surface area contributed by atoms with Crippen molar-refractivity contribution < 1.29 is 5.11 Å². The summed E-state index contributed by atoms with van der Waals surface area (Å²) in [5.41, 5.74) is 2.58. The van der Waals surface area contributed by atoms with Crippen LogP contribution in [0.2, 0.25) is 5.02 Å². The third-order valence-corrected chi connectivity index (χ3v) is 4.41. The maximum Gasteiger partial charge on any atom is 0.105 e. The van der Waals surface area contributed by atoms with Crippen molar-refractivity contribution in [2.75, 3.05) is 0 Å². The second-order valence-corrected chi connectivity index (χ2v) is 6.12. The minimum absolute atomic E-state index is 0.627. The summed E-state index contributed by atoms with van der Waals surface area (Å²) >= 11 is 8.23. The number of halogens is 2. The molecule has 0 aliphatic heterocycles. The molecule has 0 aliphatic carbocycles. The average molecular weight is 396 g/mol. The molecule has 100 valence electrons. The first-order valence-corrected chi connectivity index (χ1v) is 7.58. The lowest BCUT2D eigenvalue weighted by molar-refractivity contribution is 0.219.